The molecule has 2 aliphatic rings. The van der Waals surface area contributed by atoms with Gasteiger partial charge in [-0.1, -0.05) is 49.1 Å². The number of benzene rings is 1. The van der Waals surface area contributed by atoms with Crippen molar-refractivity contribution in [1.29, 1.82) is 0 Å². The highest BCUT2D eigenvalue weighted by atomic mass is 35.5. The van der Waals surface area contributed by atoms with E-state index >= 15 is 0 Å². The molecule has 4 heterocycles. The first-order valence-corrected chi connectivity index (χ1v) is 13.7. The van der Waals surface area contributed by atoms with Gasteiger partial charge in [-0.15, -0.1) is 0 Å². The highest BCUT2D eigenvalue weighted by molar-refractivity contribution is 6.30. The van der Waals surface area contributed by atoms with Gasteiger partial charge in [-0.05, 0) is 42.7 Å². The Kier molecular flexibility index (Phi) is 6.66. The summed E-state index contributed by atoms with van der Waals surface area (Å²) in [6.07, 6.45) is 11.2. The van der Waals surface area contributed by atoms with E-state index in [0.717, 1.165) is 42.9 Å². The maximum absolute atomic E-state index is 13.4. The number of halogens is 1. The molecule has 2 amide bonds. The molecule has 0 bridgehead atoms. The van der Waals surface area contributed by atoms with Crippen LogP contribution < -0.4 is 5.32 Å². The van der Waals surface area contributed by atoms with Crippen molar-refractivity contribution in [1.82, 2.24) is 29.2 Å². The normalized spacial score (nSPS) is 16.8. The molecule has 1 fully saturated rings. The third-order valence-corrected chi connectivity index (χ3v) is 8.33. The van der Waals surface area contributed by atoms with E-state index in [1.807, 2.05) is 35.4 Å². The van der Waals surface area contributed by atoms with Crippen LogP contribution in [0.15, 0.2) is 61.2 Å². The van der Waals surface area contributed by atoms with E-state index in [2.05, 4.69) is 32.0 Å². The lowest BCUT2D eigenvalue weighted by atomic mass is 9.69. The molecule has 1 N–H and O–H groups in total. The van der Waals surface area contributed by atoms with E-state index in [9.17, 15) is 9.59 Å². The number of amides is 2. The number of aromatic nitrogens is 4. The standard InChI is InChI=1S/C29H31ClN6O2/c30-22-9-7-21(8-10-22)29(11-2-1-3-12-29)19-32-28(38)25-5-4-6-26-33-23(17-36(25)26)15-27(37)34-13-14-35-20-31-16-24(35)18-34/h4-10,16-17,20H,1-3,11-15,18-19H2,(H,32,38). The summed E-state index contributed by atoms with van der Waals surface area (Å²) in [7, 11) is 0. The lowest BCUT2D eigenvalue weighted by Crippen LogP contribution is -2.42. The van der Waals surface area contributed by atoms with E-state index in [1.165, 1.54) is 12.0 Å². The minimum Gasteiger partial charge on any atom is -0.350 e. The summed E-state index contributed by atoms with van der Waals surface area (Å²) in [5, 5.41) is 3.94. The fourth-order valence-corrected chi connectivity index (χ4v) is 6.06. The molecule has 6 rings (SSSR count). The molecule has 1 saturated carbocycles. The summed E-state index contributed by atoms with van der Waals surface area (Å²) in [6, 6.07) is 13.6. The van der Waals surface area contributed by atoms with Gasteiger partial charge in [0, 0.05) is 42.5 Å². The average molecular weight is 531 g/mol. The van der Waals surface area contributed by atoms with Gasteiger partial charge in [0.1, 0.15) is 11.3 Å². The van der Waals surface area contributed by atoms with Crippen molar-refractivity contribution in [3.63, 3.8) is 0 Å². The van der Waals surface area contributed by atoms with Crippen molar-refractivity contribution in [2.24, 2.45) is 0 Å². The van der Waals surface area contributed by atoms with Gasteiger partial charge in [-0.25, -0.2) is 9.97 Å². The lowest BCUT2D eigenvalue weighted by Gasteiger charge is -2.38. The molecule has 9 heteroatoms. The third-order valence-electron chi connectivity index (χ3n) is 8.08. The molecule has 0 spiro atoms. The van der Waals surface area contributed by atoms with Gasteiger partial charge in [0.2, 0.25) is 5.91 Å². The minimum atomic E-state index is -0.144. The van der Waals surface area contributed by atoms with Crippen LogP contribution in [0.4, 0.5) is 0 Å². The quantitative estimate of drug-likeness (QED) is 0.400. The van der Waals surface area contributed by atoms with Crippen LogP contribution in [0.25, 0.3) is 5.65 Å². The summed E-state index contributed by atoms with van der Waals surface area (Å²) >= 11 is 6.15. The van der Waals surface area contributed by atoms with E-state index in [4.69, 9.17) is 11.6 Å². The Balaban J connectivity index is 1.17. The molecule has 38 heavy (non-hydrogen) atoms. The minimum absolute atomic E-state index is 0.0223. The first-order valence-electron chi connectivity index (χ1n) is 13.3. The zero-order valence-electron chi connectivity index (χ0n) is 21.3. The molecule has 1 aliphatic heterocycles. The molecule has 0 atom stereocenters. The van der Waals surface area contributed by atoms with Gasteiger partial charge in [0.15, 0.2) is 0 Å². The van der Waals surface area contributed by atoms with Crippen LogP contribution >= 0.6 is 11.6 Å². The predicted octanol–water partition coefficient (Wildman–Crippen LogP) is 4.40. The van der Waals surface area contributed by atoms with Crippen molar-refractivity contribution in [3.8, 4) is 0 Å². The zero-order chi connectivity index (χ0) is 26.1. The van der Waals surface area contributed by atoms with Crippen LogP contribution in [0.5, 0.6) is 0 Å². The summed E-state index contributed by atoms with van der Waals surface area (Å²) in [6.45, 7) is 2.51. The number of rotatable bonds is 6. The Labute approximate surface area is 226 Å². The second-order valence-electron chi connectivity index (χ2n) is 10.5. The van der Waals surface area contributed by atoms with Crippen LogP contribution in [-0.4, -0.2) is 48.7 Å². The highest BCUT2D eigenvalue weighted by Crippen LogP contribution is 2.39. The maximum atomic E-state index is 13.4. The monoisotopic (exact) mass is 530 g/mol. The Bertz CT molecular complexity index is 1470. The van der Waals surface area contributed by atoms with Gasteiger partial charge in [-0.2, -0.15) is 0 Å². The molecular weight excluding hydrogens is 500 g/mol. The molecule has 1 aliphatic carbocycles. The van der Waals surface area contributed by atoms with Crippen LogP contribution in [0.2, 0.25) is 5.02 Å². The van der Waals surface area contributed by atoms with E-state index < -0.39 is 0 Å². The molecule has 0 radical (unpaired) electrons. The molecule has 4 aromatic rings. The smallest absolute Gasteiger partial charge is 0.268 e. The van der Waals surface area contributed by atoms with Crippen LogP contribution in [-0.2, 0) is 29.7 Å². The number of imidazole rings is 2. The molecule has 0 saturated heterocycles. The number of hydrogen-bond donors (Lipinski definition) is 1. The van der Waals surface area contributed by atoms with Crippen LogP contribution in [0, 0.1) is 0 Å². The second kappa shape index (κ2) is 10.3. The summed E-state index contributed by atoms with van der Waals surface area (Å²) < 4.78 is 3.86. The Hall–Kier alpha value is -3.65. The molecule has 0 unspecified atom stereocenters. The van der Waals surface area contributed by atoms with Crippen molar-refractivity contribution in [3.05, 3.63) is 88.9 Å². The van der Waals surface area contributed by atoms with E-state index in [0.29, 0.717) is 36.7 Å². The van der Waals surface area contributed by atoms with Gasteiger partial charge >= 0.3 is 0 Å². The van der Waals surface area contributed by atoms with E-state index in [-0.39, 0.29) is 23.7 Å². The first kappa shape index (κ1) is 24.7. The van der Waals surface area contributed by atoms with Gasteiger partial charge in [0.25, 0.3) is 5.91 Å². The number of hydrogen-bond acceptors (Lipinski definition) is 4. The SMILES string of the molecule is O=C(NCC1(c2ccc(Cl)cc2)CCCCC1)c1cccc2nc(CC(=O)N3CCn4cncc4C3)cn12. The second-order valence-corrected chi connectivity index (χ2v) is 10.9. The number of pyridine rings is 1. The molecule has 196 valence electrons. The fraction of sp³-hybridized carbons (Fsp3) is 0.379. The molecule has 3 aromatic heterocycles. The van der Waals surface area contributed by atoms with Gasteiger partial charge < -0.3 is 14.8 Å². The van der Waals surface area contributed by atoms with Gasteiger partial charge in [0.05, 0.1) is 30.7 Å². The predicted molar refractivity (Wildman–Crippen MR) is 145 cm³/mol. The topological polar surface area (TPSA) is 84.5 Å². The maximum Gasteiger partial charge on any atom is 0.268 e. The number of fused-ring (bicyclic) bond motifs is 2. The largest absolute Gasteiger partial charge is 0.350 e. The first-order chi connectivity index (χ1) is 18.5. The zero-order valence-corrected chi connectivity index (χ0v) is 22.0. The number of nitrogens with one attached hydrogen (secondary N) is 1. The molecule has 8 nitrogen and oxygen atoms in total. The third kappa shape index (κ3) is 4.80. The lowest BCUT2D eigenvalue weighted by molar-refractivity contribution is -0.131. The molecule has 1 aromatic carbocycles. The summed E-state index contributed by atoms with van der Waals surface area (Å²) in [5.74, 6) is -0.122. The average Bonchev–Trinajstić information content (AvgIpc) is 3.58. The highest BCUT2D eigenvalue weighted by Gasteiger charge is 2.34. The van der Waals surface area contributed by atoms with Crippen molar-refractivity contribution in [2.75, 3.05) is 13.1 Å². The number of carbonyl (C=O) groups is 2. The Morgan fingerprint density at radius 2 is 1.84 bits per heavy atom. The van der Waals surface area contributed by atoms with Crippen LogP contribution in [0.1, 0.15) is 59.5 Å². The summed E-state index contributed by atoms with van der Waals surface area (Å²) in [5.41, 5.74) is 3.99. The number of carbonyl (C=O) groups excluding carboxylic acids is 2. The van der Waals surface area contributed by atoms with Crippen LogP contribution in [0.3, 0.4) is 0 Å². The number of nitrogens with zero attached hydrogens (tertiary/aromatic N) is 5. The van der Waals surface area contributed by atoms with Crippen molar-refractivity contribution >= 4 is 29.1 Å². The Morgan fingerprint density at radius 3 is 2.66 bits per heavy atom. The van der Waals surface area contributed by atoms with Crippen molar-refractivity contribution in [2.45, 2.75) is 57.0 Å². The fourth-order valence-electron chi connectivity index (χ4n) is 5.93. The Morgan fingerprint density at radius 1 is 1.03 bits per heavy atom. The van der Waals surface area contributed by atoms with E-state index in [1.54, 1.807) is 23.0 Å². The van der Waals surface area contributed by atoms with Gasteiger partial charge in [-0.3, -0.25) is 14.0 Å². The molecular formula is C29H31ClN6O2. The summed E-state index contributed by atoms with van der Waals surface area (Å²) in [4.78, 5) is 37.1. The van der Waals surface area contributed by atoms with Crippen molar-refractivity contribution < 1.29 is 9.59 Å².